The van der Waals surface area contributed by atoms with E-state index in [1.165, 1.54) is 6.42 Å². The van der Waals surface area contributed by atoms with Gasteiger partial charge in [-0.3, -0.25) is 0 Å². The van der Waals surface area contributed by atoms with E-state index in [1.54, 1.807) is 0 Å². The lowest BCUT2D eigenvalue weighted by Gasteiger charge is -2.49. The van der Waals surface area contributed by atoms with Crippen LogP contribution in [0.25, 0.3) is 0 Å². The van der Waals surface area contributed by atoms with Crippen molar-refractivity contribution in [2.75, 3.05) is 6.61 Å². The Kier molecular flexibility index (Phi) is 2.04. The van der Waals surface area contributed by atoms with Gasteiger partial charge in [0.05, 0.1) is 12.2 Å². The van der Waals surface area contributed by atoms with Crippen LogP contribution in [0.5, 0.6) is 0 Å². The molecule has 60 valence electrons. The highest BCUT2D eigenvalue weighted by atomic mass is 16.5. The smallest absolute Gasteiger partial charge is 0.0727 e. The second-order valence-electron chi connectivity index (χ2n) is 3.71. The first kappa shape index (κ1) is 8.06. The zero-order valence-electron chi connectivity index (χ0n) is 7.48. The van der Waals surface area contributed by atoms with Gasteiger partial charge < -0.3 is 4.74 Å². The van der Waals surface area contributed by atoms with Crippen LogP contribution in [-0.4, -0.2) is 12.2 Å². The minimum atomic E-state index is 0.189. The fourth-order valence-corrected chi connectivity index (χ4v) is 1.55. The molecule has 0 saturated carbocycles. The minimum Gasteiger partial charge on any atom is -0.374 e. The molecule has 0 amide bonds. The van der Waals surface area contributed by atoms with Crippen molar-refractivity contribution < 1.29 is 4.74 Å². The summed E-state index contributed by atoms with van der Waals surface area (Å²) in [6.07, 6.45) is 1.22. The minimum absolute atomic E-state index is 0.189. The molecular weight excluding hydrogens is 124 g/mol. The topological polar surface area (TPSA) is 9.23 Å². The normalized spacial score (nSPS) is 42.6. The van der Waals surface area contributed by atoms with Crippen molar-refractivity contribution in [3.63, 3.8) is 0 Å². The summed E-state index contributed by atoms with van der Waals surface area (Å²) in [6, 6.07) is 0. The molecule has 0 bridgehead atoms. The highest BCUT2D eigenvalue weighted by Crippen LogP contribution is 2.39. The van der Waals surface area contributed by atoms with E-state index < -0.39 is 0 Å². The molecule has 0 aromatic carbocycles. The molecule has 0 aliphatic carbocycles. The van der Waals surface area contributed by atoms with E-state index in [0.717, 1.165) is 12.5 Å². The lowest BCUT2D eigenvalue weighted by Crippen LogP contribution is -2.54. The van der Waals surface area contributed by atoms with Crippen molar-refractivity contribution in [1.82, 2.24) is 0 Å². The lowest BCUT2D eigenvalue weighted by atomic mass is 9.75. The van der Waals surface area contributed by atoms with Crippen molar-refractivity contribution in [1.29, 1.82) is 0 Å². The summed E-state index contributed by atoms with van der Waals surface area (Å²) in [6.45, 7) is 9.96. The van der Waals surface area contributed by atoms with Gasteiger partial charge >= 0.3 is 0 Å². The second-order valence-corrected chi connectivity index (χ2v) is 3.71. The average molecular weight is 142 g/mol. The summed E-state index contributed by atoms with van der Waals surface area (Å²) < 4.78 is 5.58. The van der Waals surface area contributed by atoms with Crippen LogP contribution >= 0.6 is 0 Å². The second kappa shape index (κ2) is 2.54. The van der Waals surface area contributed by atoms with Gasteiger partial charge in [0.25, 0.3) is 0 Å². The van der Waals surface area contributed by atoms with Crippen molar-refractivity contribution in [2.45, 2.75) is 39.7 Å². The molecule has 0 spiro atoms. The predicted molar refractivity (Wildman–Crippen MR) is 43.0 cm³/mol. The standard InChI is InChI=1S/C9H18O/c1-5-7(2)9(4)8(3)6-10-9/h7-8H,5-6H2,1-4H3. The van der Waals surface area contributed by atoms with Gasteiger partial charge in [-0.05, 0) is 12.8 Å². The maximum atomic E-state index is 5.58. The van der Waals surface area contributed by atoms with Gasteiger partial charge in [-0.15, -0.1) is 0 Å². The molecule has 0 N–H and O–H groups in total. The van der Waals surface area contributed by atoms with Crippen LogP contribution in [0.3, 0.4) is 0 Å². The van der Waals surface area contributed by atoms with Crippen LogP contribution in [0.1, 0.15) is 34.1 Å². The van der Waals surface area contributed by atoms with Gasteiger partial charge in [0.15, 0.2) is 0 Å². The van der Waals surface area contributed by atoms with Gasteiger partial charge in [0.1, 0.15) is 0 Å². The summed E-state index contributed by atoms with van der Waals surface area (Å²) in [7, 11) is 0. The Labute approximate surface area is 63.8 Å². The van der Waals surface area contributed by atoms with Crippen LogP contribution in [0.4, 0.5) is 0 Å². The largest absolute Gasteiger partial charge is 0.374 e. The molecule has 3 unspecified atom stereocenters. The van der Waals surface area contributed by atoms with Crippen molar-refractivity contribution in [3.05, 3.63) is 0 Å². The van der Waals surface area contributed by atoms with E-state index in [2.05, 4.69) is 27.7 Å². The van der Waals surface area contributed by atoms with E-state index in [0.29, 0.717) is 5.92 Å². The molecule has 1 heterocycles. The molecule has 1 rings (SSSR count). The van der Waals surface area contributed by atoms with E-state index in [4.69, 9.17) is 4.74 Å². The molecule has 0 aromatic rings. The first-order valence-corrected chi connectivity index (χ1v) is 4.25. The summed E-state index contributed by atoms with van der Waals surface area (Å²) in [5.74, 6) is 1.46. The highest BCUT2D eigenvalue weighted by Gasteiger charge is 2.44. The zero-order valence-corrected chi connectivity index (χ0v) is 7.48. The van der Waals surface area contributed by atoms with Crippen LogP contribution in [0.2, 0.25) is 0 Å². The molecule has 0 aromatic heterocycles. The molecule has 0 radical (unpaired) electrons. The fourth-order valence-electron chi connectivity index (χ4n) is 1.55. The van der Waals surface area contributed by atoms with Gasteiger partial charge in [-0.2, -0.15) is 0 Å². The molecule has 1 aliphatic rings. The van der Waals surface area contributed by atoms with Crippen molar-refractivity contribution in [2.24, 2.45) is 11.8 Å². The molecule has 10 heavy (non-hydrogen) atoms. The SMILES string of the molecule is CCC(C)C1(C)OCC1C. The summed E-state index contributed by atoms with van der Waals surface area (Å²) >= 11 is 0. The van der Waals surface area contributed by atoms with Crippen molar-refractivity contribution in [3.8, 4) is 0 Å². The van der Waals surface area contributed by atoms with Gasteiger partial charge in [-0.25, -0.2) is 0 Å². The fraction of sp³-hybridized carbons (Fsp3) is 1.00. The Morgan fingerprint density at radius 3 is 2.40 bits per heavy atom. The quantitative estimate of drug-likeness (QED) is 0.575. The Balaban J connectivity index is 2.51. The molecule has 1 nitrogen and oxygen atoms in total. The Morgan fingerprint density at radius 2 is 2.30 bits per heavy atom. The molecule has 1 aliphatic heterocycles. The molecular formula is C9H18O. The first-order chi connectivity index (χ1) is 4.61. The van der Waals surface area contributed by atoms with Gasteiger partial charge in [-0.1, -0.05) is 27.2 Å². The Morgan fingerprint density at radius 1 is 1.70 bits per heavy atom. The van der Waals surface area contributed by atoms with Gasteiger partial charge in [0.2, 0.25) is 0 Å². The van der Waals surface area contributed by atoms with E-state index in [1.807, 2.05) is 0 Å². The van der Waals surface area contributed by atoms with E-state index in [9.17, 15) is 0 Å². The van der Waals surface area contributed by atoms with Crippen LogP contribution in [0.15, 0.2) is 0 Å². The number of ether oxygens (including phenoxy) is 1. The third kappa shape index (κ3) is 0.968. The number of hydrogen-bond acceptors (Lipinski definition) is 1. The van der Waals surface area contributed by atoms with Crippen LogP contribution in [-0.2, 0) is 4.74 Å². The predicted octanol–water partition coefficient (Wildman–Crippen LogP) is 2.46. The summed E-state index contributed by atoms with van der Waals surface area (Å²) in [4.78, 5) is 0. The maximum absolute atomic E-state index is 5.58. The number of hydrogen-bond donors (Lipinski definition) is 0. The van der Waals surface area contributed by atoms with Crippen molar-refractivity contribution >= 4 is 0 Å². The monoisotopic (exact) mass is 142 g/mol. The van der Waals surface area contributed by atoms with Crippen LogP contribution in [0, 0.1) is 11.8 Å². The summed E-state index contributed by atoms with van der Waals surface area (Å²) in [5, 5.41) is 0. The average Bonchev–Trinajstić information content (AvgIpc) is 1.98. The summed E-state index contributed by atoms with van der Waals surface area (Å²) in [5.41, 5.74) is 0.189. The Hall–Kier alpha value is -0.0400. The molecule has 1 saturated heterocycles. The third-order valence-corrected chi connectivity index (χ3v) is 3.21. The Bertz CT molecular complexity index is 122. The molecule has 3 atom stereocenters. The maximum Gasteiger partial charge on any atom is 0.0727 e. The highest BCUT2D eigenvalue weighted by molar-refractivity contribution is 4.92. The molecule has 1 fully saturated rings. The lowest BCUT2D eigenvalue weighted by molar-refractivity contribution is -0.213. The third-order valence-electron chi connectivity index (χ3n) is 3.21. The van der Waals surface area contributed by atoms with Gasteiger partial charge in [0, 0.05) is 5.92 Å². The zero-order chi connectivity index (χ0) is 7.78. The molecule has 1 heteroatoms. The number of rotatable bonds is 2. The van der Waals surface area contributed by atoms with Crippen LogP contribution < -0.4 is 0 Å². The first-order valence-electron chi connectivity index (χ1n) is 4.25. The van der Waals surface area contributed by atoms with E-state index >= 15 is 0 Å². The van der Waals surface area contributed by atoms with E-state index in [-0.39, 0.29) is 5.60 Å².